The van der Waals surface area contributed by atoms with Crippen LogP contribution in [0.1, 0.15) is 5.56 Å². The van der Waals surface area contributed by atoms with Crippen molar-refractivity contribution in [1.29, 1.82) is 0 Å². The second-order valence-corrected chi connectivity index (χ2v) is 1.97. The Kier molecular flexibility index (Phi) is 2.05. The molecular formula is C8H9N2-. The minimum Gasteiger partial charge on any atom is -0.199 e. The summed E-state index contributed by atoms with van der Waals surface area (Å²) in [5.74, 6) is 0. The number of azo groups is 1. The van der Waals surface area contributed by atoms with Gasteiger partial charge >= 0.3 is 0 Å². The number of hydrogen-bond donors (Lipinski definition) is 0. The molecule has 0 saturated carbocycles. The van der Waals surface area contributed by atoms with Crippen molar-refractivity contribution in [2.24, 2.45) is 10.2 Å². The van der Waals surface area contributed by atoms with E-state index in [1.807, 2.05) is 24.3 Å². The summed E-state index contributed by atoms with van der Waals surface area (Å²) < 4.78 is 0. The molecule has 0 spiro atoms. The van der Waals surface area contributed by atoms with Crippen LogP contribution < -0.4 is 0 Å². The topological polar surface area (TPSA) is 24.7 Å². The smallest absolute Gasteiger partial charge is 0.0491 e. The molecule has 0 fully saturated rings. The summed E-state index contributed by atoms with van der Waals surface area (Å²) in [5.41, 5.74) is 1.82. The van der Waals surface area contributed by atoms with Gasteiger partial charge in [0.2, 0.25) is 0 Å². The highest BCUT2D eigenvalue weighted by atomic mass is 15.1. The molecule has 0 bridgehead atoms. The predicted octanol–water partition coefficient (Wildman–Crippen LogP) is 2.58. The summed E-state index contributed by atoms with van der Waals surface area (Å²) >= 11 is 0. The zero-order valence-corrected chi connectivity index (χ0v) is 5.91. The molecule has 0 aromatic heterocycles. The van der Waals surface area contributed by atoms with E-state index in [0.29, 0.717) is 0 Å². The van der Waals surface area contributed by atoms with Crippen LogP contribution in [0.3, 0.4) is 0 Å². The van der Waals surface area contributed by atoms with Crippen LogP contribution in [0.25, 0.3) is 0 Å². The van der Waals surface area contributed by atoms with Crippen LogP contribution in [0, 0.1) is 6.92 Å². The Morgan fingerprint density at radius 1 is 1.40 bits per heavy atom. The third-order valence-corrected chi connectivity index (χ3v) is 1.13. The molecule has 0 saturated heterocycles. The van der Waals surface area contributed by atoms with Gasteiger partial charge in [-0.3, -0.25) is 0 Å². The van der Waals surface area contributed by atoms with E-state index in [2.05, 4.69) is 17.2 Å². The molecule has 0 radical (unpaired) electrons. The van der Waals surface area contributed by atoms with E-state index in [9.17, 15) is 0 Å². The Balaban J connectivity index is 2.95. The fraction of sp³-hybridized carbons (Fsp3) is 0.125. The van der Waals surface area contributed by atoms with Crippen LogP contribution in [0.4, 0.5) is 5.69 Å². The summed E-state index contributed by atoms with van der Waals surface area (Å²) in [4.78, 5) is 0. The molecule has 0 heterocycles. The standard InChI is InChI=1S/C8H9N2/c1-7-4-3-5-8(6-7)10-9-2/h3-6H,1H2,2H3/q-1. The molecular weight excluding hydrogens is 124 g/mol. The molecule has 1 aromatic rings. The van der Waals surface area contributed by atoms with Crippen molar-refractivity contribution in [2.75, 3.05) is 7.05 Å². The van der Waals surface area contributed by atoms with Gasteiger partial charge in [-0.15, -0.1) is 12.1 Å². The minimum atomic E-state index is 0.856. The quantitative estimate of drug-likeness (QED) is 0.415. The zero-order chi connectivity index (χ0) is 7.40. The van der Waals surface area contributed by atoms with Gasteiger partial charge in [0.15, 0.2) is 0 Å². The normalized spacial score (nSPS) is 10.5. The maximum atomic E-state index is 3.85. The van der Waals surface area contributed by atoms with Gasteiger partial charge in [0.25, 0.3) is 0 Å². The van der Waals surface area contributed by atoms with E-state index in [0.717, 1.165) is 11.3 Å². The van der Waals surface area contributed by atoms with E-state index in [1.54, 1.807) is 7.05 Å². The van der Waals surface area contributed by atoms with Crippen molar-refractivity contribution in [3.63, 3.8) is 0 Å². The molecule has 52 valence electrons. The monoisotopic (exact) mass is 133 g/mol. The molecule has 0 aliphatic carbocycles. The number of benzene rings is 1. The Bertz CT molecular complexity index is 241. The fourth-order valence-electron chi connectivity index (χ4n) is 0.734. The second kappa shape index (κ2) is 3.01. The summed E-state index contributed by atoms with van der Waals surface area (Å²) in [5, 5.41) is 7.50. The maximum absolute atomic E-state index is 3.85. The largest absolute Gasteiger partial charge is 0.199 e. The van der Waals surface area contributed by atoms with Crippen LogP contribution in [0.2, 0.25) is 0 Å². The zero-order valence-electron chi connectivity index (χ0n) is 5.91. The van der Waals surface area contributed by atoms with Gasteiger partial charge in [-0.25, -0.2) is 0 Å². The summed E-state index contributed by atoms with van der Waals surface area (Å²) in [6.07, 6.45) is 0. The number of rotatable bonds is 1. The van der Waals surface area contributed by atoms with Gasteiger partial charge < -0.3 is 0 Å². The molecule has 10 heavy (non-hydrogen) atoms. The molecule has 2 heteroatoms. The lowest BCUT2D eigenvalue weighted by molar-refractivity contribution is 1.17. The molecule has 2 nitrogen and oxygen atoms in total. The fourth-order valence-corrected chi connectivity index (χ4v) is 0.734. The lowest BCUT2D eigenvalue weighted by Crippen LogP contribution is -1.67. The van der Waals surface area contributed by atoms with Crippen LogP contribution in [0.5, 0.6) is 0 Å². The molecule has 0 amide bonds. The molecule has 1 rings (SSSR count). The predicted molar refractivity (Wildman–Crippen MR) is 41.3 cm³/mol. The SMILES string of the molecule is [CH2-]c1cccc(N=NC)c1. The first-order valence-corrected chi connectivity index (χ1v) is 3.05. The average Bonchev–Trinajstić information content (AvgIpc) is 1.88. The van der Waals surface area contributed by atoms with Crippen LogP contribution in [-0.4, -0.2) is 7.05 Å². The van der Waals surface area contributed by atoms with Gasteiger partial charge in [-0.2, -0.15) is 28.8 Å². The van der Waals surface area contributed by atoms with E-state index in [1.165, 1.54) is 0 Å². The Labute approximate surface area is 60.6 Å². The molecule has 0 atom stereocenters. The van der Waals surface area contributed by atoms with E-state index in [-0.39, 0.29) is 0 Å². The van der Waals surface area contributed by atoms with Crippen molar-refractivity contribution < 1.29 is 0 Å². The number of hydrogen-bond acceptors (Lipinski definition) is 2. The highest BCUT2D eigenvalue weighted by Crippen LogP contribution is 2.12. The van der Waals surface area contributed by atoms with Crippen LogP contribution in [-0.2, 0) is 0 Å². The van der Waals surface area contributed by atoms with Crippen molar-refractivity contribution in [2.45, 2.75) is 0 Å². The molecule has 0 aliphatic rings. The minimum absolute atomic E-state index is 0.856. The maximum Gasteiger partial charge on any atom is 0.0491 e. The van der Waals surface area contributed by atoms with Crippen molar-refractivity contribution in [1.82, 2.24) is 0 Å². The van der Waals surface area contributed by atoms with Gasteiger partial charge in [0.05, 0.1) is 0 Å². The number of nitrogens with zero attached hydrogens (tertiary/aromatic N) is 2. The van der Waals surface area contributed by atoms with Crippen molar-refractivity contribution in [3.05, 3.63) is 36.8 Å². The van der Waals surface area contributed by atoms with Gasteiger partial charge in [0, 0.05) is 12.7 Å². The van der Waals surface area contributed by atoms with Crippen molar-refractivity contribution in [3.8, 4) is 0 Å². The molecule has 0 N–H and O–H groups in total. The van der Waals surface area contributed by atoms with Crippen molar-refractivity contribution >= 4 is 5.69 Å². The Morgan fingerprint density at radius 2 is 2.20 bits per heavy atom. The molecule has 1 aromatic carbocycles. The lowest BCUT2D eigenvalue weighted by atomic mass is 10.2. The second-order valence-electron chi connectivity index (χ2n) is 1.97. The Hall–Kier alpha value is -1.31. The average molecular weight is 133 g/mol. The first-order valence-electron chi connectivity index (χ1n) is 3.05. The summed E-state index contributed by atoms with van der Waals surface area (Å²) in [6, 6.07) is 7.61. The highest BCUT2D eigenvalue weighted by Gasteiger charge is 1.79. The Morgan fingerprint density at radius 3 is 2.80 bits per heavy atom. The first kappa shape index (κ1) is 6.81. The van der Waals surface area contributed by atoms with E-state index < -0.39 is 0 Å². The van der Waals surface area contributed by atoms with Gasteiger partial charge in [-0.1, -0.05) is 6.07 Å². The third-order valence-electron chi connectivity index (χ3n) is 1.13. The third kappa shape index (κ3) is 1.58. The van der Waals surface area contributed by atoms with E-state index in [4.69, 9.17) is 0 Å². The van der Waals surface area contributed by atoms with Gasteiger partial charge in [0.1, 0.15) is 0 Å². The van der Waals surface area contributed by atoms with E-state index >= 15 is 0 Å². The molecule has 0 aliphatic heterocycles. The van der Waals surface area contributed by atoms with Crippen LogP contribution in [0.15, 0.2) is 34.5 Å². The van der Waals surface area contributed by atoms with Gasteiger partial charge in [-0.05, 0) is 0 Å². The van der Waals surface area contributed by atoms with Crippen LogP contribution >= 0.6 is 0 Å². The summed E-state index contributed by atoms with van der Waals surface area (Å²) in [7, 11) is 1.65. The first-order chi connectivity index (χ1) is 4.83. The molecule has 0 unspecified atom stereocenters. The lowest BCUT2D eigenvalue weighted by Gasteiger charge is -1.99. The highest BCUT2D eigenvalue weighted by molar-refractivity contribution is 5.40. The summed E-state index contributed by atoms with van der Waals surface area (Å²) in [6.45, 7) is 3.76.